The maximum atomic E-state index is 6.69. The maximum absolute atomic E-state index is 6.69. The standard InChI is InChI=1S/C11H8N2/c1-9-4-6-10(7-5-9)8-11(12-2)13-3/h4-8H,1H3. The molecule has 0 amide bonds. The molecular formula is C11H8N2. The number of benzene rings is 1. The monoisotopic (exact) mass is 168 g/mol. The van der Waals surface area contributed by atoms with E-state index >= 15 is 0 Å². The second-order valence-corrected chi connectivity index (χ2v) is 2.64. The van der Waals surface area contributed by atoms with Crippen LogP contribution in [0, 0.1) is 20.1 Å². The van der Waals surface area contributed by atoms with Gasteiger partial charge in [-0.1, -0.05) is 29.8 Å². The van der Waals surface area contributed by atoms with E-state index in [0.29, 0.717) is 0 Å². The number of hydrogen-bond acceptors (Lipinski definition) is 0. The predicted molar refractivity (Wildman–Crippen MR) is 52.4 cm³/mol. The Labute approximate surface area is 77.8 Å². The van der Waals surface area contributed by atoms with Gasteiger partial charge in [0, 0.05) is 6.08 Å². The highest BCUT2D eigenvalue weighted by Crippen LogP contribution is 2.09. The van der Waals surface area contributed by atoms with E-state index < -0.39 is 0 Å². The highest BCUT2D eigenvalue weighted by Gasteiger charge is 2.00. The fourth-order valence-corrected chi connectivity index (χ4v) is 0.901. The van der Waals surface area contributed by atoms with Crippen molar-refractivity contribution in [2.24, 2.45) is 0 Å². The van der Waals surface area contributed by atoms with E-state index in [1.54, 1.807) is 6.08 Å². The Balaban J connectivity index is 3.00. The minimum atomic E-state index is 0.101. The van der Waals surface area contributed by atoms with E-state index in [2.05, 4.69) is 9.69 Å². The Bertz CT molecular complexity index is 383. The fraction of sp³-hybridized carbons (Fsp3) is 0.0909. The van der Waals surface area contributed by atoms with Crippen molar-refractivity contribution in [1.82, 2.24) is 0 Å². The van der Waals surface area contributed by atoms with Crippen molar-refractivity contribution in [2.75, 3.05) is 0 Å². The molecule has 0 unspecified atom stereocenters. The summed E-state index contributed by atoms with van der Waals surface area (Å²) in [5.41, 5.74) is 2.07. The van der Waals surface area contributed by atoms with Crippen molar-refractivity contribution >= 4 is 6.08 Å². The lowest BCUT2D eigenvalue weighted by atomic mass is 10.1. The van der Waals surface area contributed by atoms with Gasteiger partial charge in [-0.15, -0.1) is 0 Å². The zero-order valence-corrected chi connectivity index (χ0v) is 7.28. The number of nitrogens with zero attached hydrogens (tertiary/aromatic N) is 2. The first kappa shape index (κ1) is 9.03. The van der Waals surface area contributed by atoms with Gasteiger partial charge in [-0.3, -0.25) is 0 Å². The second kappa shape index (κ2) is 4.09. The molecule has 2 heteroatoms. The SMILES string of the molecule is [C-]#[N+]C(=Cc1ccc(C)cc1)[N+]#[C-]. The van der Waals surface area contributed by atoms with Crippen LogP contribution in [0.1, 0.15) is 11.1 Å². The Hall–Kier alpha value is -2.06. The summed E-state index contributed by atoms with van der Waals surface area (Å²) < 4.78 is 0. The van der Waals surface area contributed by atoms with Crippen molar-refractivity contribution in [2.45, 2.75) is 6.92 Å². The summed E-state index contributed by atoms with van der Waals surface area (Å²) >= 11 is 0. The average Bonchev–Trinajstić information content (AvgIpc) is 2.17. The molecule has 1 aromatic carbocycles. The van der Waals surface area contributed by atoms with Gasteiger partial charge in [-0.25, -0.2) is 0 Å². The van der Waals surface area contributed by atoms with Gasteiger partial charge in [0.25, 0.3) is 0 Å². The van der Waals surface area contributed by atoms with Crippen LogP contribution in [-0.2, 0) is 0 Å². The third kappa shape index (κ3) is 2.47. The van der Waals surface area contributed by atoms with Crippen LogP contribution in [0.3, 0.4) is 0 Å². The van der Waals surface area contributed by atoms with E-state index in [0.717, 1.165) is 5.56 Å². The van der Waals surface area contributed by atoms with Gasteiger partial charge in [0.2, 0.25) is 0 Å². The molecule has 1 rings (SSSR count). The third-order valence-electron chi connectivity index (χ3n) is 1.60. The van der Waals surface area contributed by atoms with Gasteiger partial charge < -0.3 is 0 Å². The zero-order valence-electron chi connectivity index (χ0n) is 7.28. The van der Waals surface area contributed by atoms with Crippen molar-refractivity contribution in [3.63, 3.8) is 0 Å². The molecule has 0 N–H and O–H groups in total. The van der Waals surface area contributed by atoms with E-state index in [1.165, 1.54) is 5.56 Å². The van der Waals surface area contributed by atoms with E-state index in [1.807, 2.05) is 31.2 Å². The van der Waals surface area contributed by atoms with Crippen LogP contribution in [0.4, 0.5) is 0 Å². The van der Waals surface area contributed by atoms with Gasteiger partial charge in [0.1, 0.15) is 13.1 Å². The summed E-state index contributed by atoms with van der Waals surface area (Å²) in [5, 5.41) is 0. The lowest BCUT2D eigenvalue weighted by molar-refractivity contribution is 1.46. The van der Waals surface area contributed by atoms with Gasteiger partial charge >= 0.3 is 5.82 Å². The molecule has 0 aliphatic heterocycles. The lowest BCUT2D eigenvalue weighted by Crippen LogP contribution is -1.74. The third-order valence-corrected chi connectivity index (χ3v) is 1.60. The molecule has 2 nitrogen and oxygen atoms in total. The minimum Gasteiger partial charge on any atom is -0.154 e. The summed E-state index contributed by atoms with van der Waals surface area (Å²) in [5.74, 6) is 0.101. The molecule has 62 valence electrons. The van der Waals surface area contributed by atoms with E-state index in [-0.39, 0.29) is 5.82 Å². The number of aryl methyl sites for hydroxylation is 1. The van der Waals surface area contributed by atoms with Crippen LogP contribution in [0.25, 0.3) is 15.8 Å². The van der Waals surface area contributed by atoms with E-state index in [9.17, 15) is 0 Å². The van der Waals surface area contributed by atoms with Crippen molar-refractivity contribution in [1.29, 1.82) is 0 Å². The molecule has 0 aliphatic rings. The minimum absolute atomic E-state index is 0.101. The van der Waals surface area contributed by atoms with Crippen molar-refractivity contribution < 1.29 is 0 Å². The van der Waals surface area contributed by atoms with Gasteiger partial charge in [-0.05, 0) is 12.5 Å². The van der Waals surface area contributed by atoms with Gasteiger partial charge in [0.15, 0.2) is 0 Å². The van der Waals surface area contributed by atoms with E-state index in [4.69, 9.17) is 13.1 Å². The summed E-state index contributed by atoms with van der Waals surface area (Å²) in [6.07, 6.45) is 1.58. The molecule has 0 aromatic heterocycles. The number of rotatable bonds is 1. The summed E-state index contributed by atoms with van der Waals surface area (Å²) in [6, 6.07) is 7.70. The molecule has 0 atom stereocenters. The highest BCUT2D eigenvalue weighted by molar-refractivity contribution is 5.56. The predicted octanol–water partition coefficient (Wildman–Crippen LogP) is 3.13. The first-order valence-electron chi connectivity index (χ1n) is 3.79. The van der Waals surface area contributed by atoms with Crippen LogP contribution in [-0.4, -0.2) is 0 Å². The molecule has 0 aliphatic carbocycles. The average molecular weight is 168 g/mol. The second-order valence-electron chi connectivity index (χ2n) is 2.64. The Morgan fingerprint density at radius 3 is 2.15 bits per heavy atom. The number of hydrogen-bond donors (Lipinski definition) is 0. The molecule has 0 fully saturated rings. The van der Waals surface area contributed by atoms with Crippen LogP contribution in [0.5, 0.6) is 0 Å². The first-order valence-corrected chi connectivity index (χ1v) is 3.79. The smallest absolute Gasteiger partial charge is 0.154 e. The molecular weight excluding hydrogens is 160 g/mol. The summed E-state index contributed by atoms with van der Waals surface area (Å²) in [4.78, 5) is 6.16. The molecule has 0 spiro atoms. The Kier molecular flexibility index (Phi) is 2.84. The molecule has 1 aromatic rings. The first-order chi connectivity index (χ1) is 6.26. The lowest BCUT2D eigenvalue weighted by Gasteiger charge is -1.91. The zero-order chi connectivity index (χ0) is 9.68. The van der Waals surface area contributed by atoms with Crippen LogP contribution < -0.4 is 0 Å². The summed E-state index contributed by atoms with van der Waals surface area (Å²) in [7, 11) is 0. The maximum Gasteiger partial charge on any atom is 0.519 e. The molecule has 0 saturated carbocycles. The molecule has 0 radical (unpaired) electrons. The molecule has 0 bridgehead atoms. The Morgan fingerprint density at radius 2 is 1.69 bits per heavy atom. The van der Waals surface area contributed by atoms with Gasteiger partial charge in [0.05, 0.1) is 0 Å². The largest absolute Gasteiger partial charge is 0.519 e. The van der Waals surface area contributed by atoms with Gasteiger partial charge in [-0.2, -0.15) is 9.69 Å². The normalized spacial score (nSPS) is 8.23. The topological polar surface area (TPSA) is 8.72 Å². The van der Waals surface area contributed by atoms with Crippen molar-refractivity contribution in [3.8, 4) is 0 Å². The molecule has 0 saturated heterocycles. The Morgan fingerprint density at radius 1 is 1.15 bits per heavy atom. The van der Waals surface area contributed by atoms with Crippen LogP contribution >= 0.6 is 0 Å². The van der Waals surface area contributed by atoms with Crippen molar-refractivity contribution in [3.05, 3.63) is 64.0 Å². The highest BCUT2D eigenvalue weighted by atomic mass is 14.9. The van der Waals surface area contributed by atoms with Crippen LogP contribution in [0.15, 0.2) is 30.1 Å². The summed E-state index contributed by atoms with van der Waals surface area (Å²) in [6.45, 7) is 15.4. The fourth-order valence-electron chi connectivity index (χ4n) is 0.901. The molecule has 13 heavy (non-hydrogen) atoms. The quantitative estimate of drug-likeness (QED) is 0.569. The van der Waals surface area contributed by atoms with Crippen LogP contribution in [0.2, 0.25) is 0 Å². The molecule has 0 heterocycles.